The van der Waals surface area contributed by atoms with Crippen LogP contribution in [-0.2, 0) is 6.42 Å². The molecule has 21 heavy (non-hydrogen) atoms. The van der Waals surface area contributed by atoms with Crippen LogP contribution in [0.1, 0.15) is 11.3 Å². The number of thiazole rings is 1. The fraction of sp³-hybridized carbons (Fsp3) is 0.125. The highest BCUT2D eigenvalue weighted by atomic mass is 32.2. The lowest BCUT2D eigenvalue weighted by Crippen LogP contribution is -1.87. The summed E-state index contributed by atoms with van der Waals surface area (Å²) in [5, 5.41) is 0. The lowest BCUT2D eigenvalue weighted by atomic mass is 10.1. The van der Waals surface area contributed by atoms with Gasteiger partial charge >= 0.3 is 0 Å². The first-order chi connectivity index (χ1) is 10.3. The lowest BCUT2D eigenvalue weighted by molar-refractivity contribution is 1.12. The van der Waals surface area contributed by atoms with Crippen molar-refractivity contribution in [3.05, 3.63) is 60.0 Å². The normalized spacial score (nSPS) is 11.5. The van der Waals surface area contributed by atoms with Crippen LogP contribution >= 0.6 is 23.1 Å². The van der Waals surface area contributed by atoms with Crippen molar-refractivity contribution in [2.24, 2.45) is 0 Å². The summed E-state index contributed by atoms with van der Waals surface area (Å²) in [5.74, 6) is 0. The summed E-state index contributed by atoms with van der Waals surface area (Å²) in [5.41, 5.74) is 4.46. The van der Waals surface area contributed by atoms with E-state index in [0.717, 1.165) is 27.6 Å². The molecule has 0 amide bonds. The third-order valence-corrected chi connectivity index (χ3v) is 5.41. The molecule has 0 spiro atoms. The molecule has 0 aliphatic heterocycles. The smallest absolute Gasteiger partial charge is 0.150 e. The molecule has 0 saturated heterocycles. The van der Waals surface area contributed by atoms with Crippen molar-refractivity contribution in [3.63, 3.8) is 0 Å². The molecule has 4 rings (SSSR count). The largest absolute Gasteiger partial charge is 0.307 e. The maximum atomic E-state index is 4.66. The molecule has 104 valence electrons. The fourth-order valence-electron chi connectivity index (χ4n) is 2.43. The molecule has 0 unspecified atom stereocenters. The summed E-state index contributed by atoms with van der Waals surface area (Å²) in [6.07, 6.45) is 7.04. The molecular weight excluding hydrogens is 298 g/mol. The summed E-state index contributed by atoms with van der Waals surface area (Å²) in [7, 11) is 0. The van der Waals surface area contributed by atoms with Crippen molar-refractivity contribution in [2.75, 3.05) is 6.26 Å². The number of benzene rings is 1. The highest BCUT2D eigenvalue weighted by Crippen LogP contribution is 2.29. The Hall–Kier alpha value is -1.85. The Labute approximate surface area is 130 Å². The van der Waals surface area contributed by atoms with E-state index in [9.17, 15) is 0 Å². The molecule has 5 heteroatoms. The fourth-order valence-corrected chi connectivity index (χ4v) is 3.98. The summed E-state index contributed by atoms with van der Waals surface area (Å²) in [6, 6.07) is 12.6. The molecule has 0 radical (unpaired) electrons. The Morgan fingerprint density at radius 3 is 3.00 bits per heavy atom. The zero-order valence-electron chi connectivity index (χ0n) is 11.5. The number of fused-ring (bicyclic) bond motifs is 2. The maximum absolute atomic E-state index is 4.66. The minimum atomic E-state index is 0.851. The van der Waals surface area contributed by atoms with Gasteiger partial charge in [0.25, 0.3) is 0 Å². The van der Waals surface area contributed by atoms with Gasteiger partial charge in [-0.25, -0.2) is 9.97 Å². The first-order valence-electron chi connectivity index (χ1n) is 6.68. The predicted molar refractivity (Wildman–Crippen MR) is 89.4 cm³/mol. The first kappa shape index (κ1) is 12.9. The molecule has 3 aromatic heterocycles. The van der Waals surface area contributed by atoms with Crippen molar-refractivity contribution < 1.29 is 0 Å². The van der Waals surface area contributed by atoms with Crippen LogP contribution in [0, 0.1) is 0 Å². The van der Waals surface area contributed by atoms with Gasteiger partial charge in [-0.05, 0) is 36.1 Å². The Balaban J connectivity index is 1.69. The molecule has 0 atom stereocenters. The number of aromatic nitrogens is 3. The van der Waals surface area contributed by atoms with Crippen LogP contribution in [0.5, 0.6) is 0 Å². The summed E-state index contributed by atoms with van der Waals surface area (Å²) in [6.45, 7) is 0. The van der Waals surface area contributed by atoms with Gasteiger partial charge in [-0.15, -0.1) is 11.3 Å². The molecule has 0 saturated carbocycles. The highest BCUT2D eigenvalue weighted by Gasteiger charge is 2.06. The summed E-state index contributed by atoms with van der Waals surface area (Å²) in [4.78, 5) is 9.23. The number of hydrogen-bond acceptors (Lipinski definition) is 4. The van der Waals surface area contributed by atoms with Crippen LogP contribution in [-0.4, -0.2) is 20.6 Å². The quantitative estimate of drug-likeness (QED) is 0.530. The van der Waals surface area contributed by atoms with Gasteiger partial charge in [0.2, 0.25) is 0 Å². The SMILES string of the molecule is CSc1nc2ccc(Cc3cn4ccccc4n3)cc2s1. The van der Waals surface area contributed by atoms with Gasteiger partial charge in [0.15, 0.2) is 4.34 Å². The zero-order chi connectivity index (χ0) is 14.2. The zero-order valence-corrected chi connectivity index (χ0v) is 13.1. The van der Waals surface area contributed by atoms with E-state index in [0.29, 0.717) is 0 Å². The Morgan fingerprint density at radius 2 is 2.14 bits per heavy atom. The van der Waals surface area contributed by atoms with Crippen molar-refractivity contribution in [1.29, 1.82) is 0 Å². The van der Waals surface area contributed by atoms with E-state index in [2.05, 4.69) is 45.0 Å². The van der Waals surface area contributed by atoms with E-state index < -0.39 is 0 Å². The van der Waals surface area contributed by atoms with Gasteiger partial charge in [0, 0.05) is 18.8 Å². The van der Waals surface area contributed by atoms with Crippen molar-refractivity contribution in [3.8, 4) is 0 Å². The van der Waals surface area contributed by atoms with Gasteiger partial charge < -0.3 is 4.40 Å². The van der Waals surface area contributed by atoms with E-state index in [1.807, 2.05) is 24.4 Å². The van der Waals surface area contributed by atoms with E-state index in [4.69, 9.17) is 0 Å². The first-order valence-corrected chi connectivity index (χ1v) is 8.72. The third-order valence-electron chi connectivity index (χ3n) is 3.41. The van der Waals surface area contributed by atoms with Crippen molar-refractivity contribution in [2.45, 2.75) is 10.8 Å². The van der Waals surface area contributed by atoms with Crippen LogP contribution in [0.2, 0.25) is 0 Å². The summed E-state index contributed by atoms with van der Waals surface area (Å²) >= 11 is 3.45. The van der Waals surface area contributed by atoms with Crippen LogP contribution in [0.4, 0.5) is 0 Å². The van der Waals surface area contributed by atoms with Crippen LogP contribution < -0.4 is 0 Å². The lowest BCUT2D eigenvalue weighted by Gasteiger charge is -1.97. The Bertz CT molecular complexity index is 890. The second-order valence-corrected chi connectivity index (χ2v) is 6.95. The van der Waals surface area contributed by atoms with Crippen molar-refractivity contribution in [1.82, 2.24) is 14.4 Å². The number of thioether (sulfide) groups is 1. The van der Waals surface area contributed by atoms with Gasteiger partial charge in [-0.2, -0.15) is 0 Å². The highest BCUT2D eigenvalue weighted by molar-refractivity contribution is 8.00. The maximum Gasteiger partial charge on any atom is 0.150 e. The number of pyridine rings is 1. The second kappa shape index (κ2) is 5.16. The molecular formula is C16H13N3S2. The predicted octanol–water partition coefficient (Wildman–Crippen LogP) is 4.26. The average molecular weight is 311 g/mol. The molecule has 0 bridgehead atoms. The molecule has 3 nitrogen and oxygen atoms in total. The molecule has 0 aliphatic rings. The van der Waals surface area contributed by atoms with E-state index in [1.54, 1.807) is 23.1 Å². The molecule has 1 aromatic carbocycles. The molecule has 0 fully saturated rings. The van der Waals surface area contributed by atoms with Gasteiger partial charge in [0.1, 0.15) is 5.65 Å². The number of nitrogens with zero attached hydrogens (tertiary/aromatic N) is 3. The molecule has 0 N–H and O–H groups in total. The average Bonchev–Trinajstić information content (AvgIpc) is 3.09. The van der Waals surface area contributed by atoms with Gasteiger partial charge in [0.05, 0.1) is 15.9 Å². The number of hydrogen-bond donors (Lipinski definition) is 0. The summed E-state index contributed by atoms with van der Waals surface area (Å²) < 4.78 is 4.43. The second-order valence-electron chi connectivity index (χ2n) is 4.86. The van der Waals surface area contributed by atoms with E-state index in [-0.39, 0.29) is 0 Å². The monoisotopic (exact) mass is 311 g/mol. The van der Waals surface area contributed by atoms with Crippen LogP contribution in [0.25, 0.3) is 15.9 Å². The third kappa shape index (κ3) is 2.43. The van der Waals surface area contributed by atoms with E-state index in [1.165, 1.54) is 10.3 Å². The molecule has 4 aromatic rings. The van der Waals surface area contributed by atoms with Crippen LogP contribution in [0.3, 0.4) is 0 Å². The van der Waals surface area contributed by atoms with E-state index >= 15 is 0 Å². The van der Waals surface area contributed by atoms with Crippen LogP contribution in [0.15, 0.2) is 53.1 Å². The van der Waals surface area contributed by atoms with Crippen molar-refractivity contribution >= 4 is 39.0 Å². The molecule has 0 aliphatic carbocycles. The minimum absolute atomic E-state index is 0.851. The standard InChI is InChI=1S/C16H13N3S2/c1-20-16-18-13-6-5-11(9-14(13)21-16)8-12-10-19-7-3-2-4-15(19)17-12/h2-7,9-10H,8H2,1H3. The number of rotatable bonds is 3. The minimum Gasteiger partial charge on any atom is -0.307 e. The Kier molecular flexibility index (Phi) is 3.16. The topological polar surface area (TPSA) is 30.2 Å². The number of imidazole rings is 1. The van der Waals surface area contributed by atoms with Gasteiger partial charge in [-0.3, -0.25) is 0 Å². The Morgan fingerprint density at radius 1 is 1.19 bits per heavy atom. The molecule has 3 heterocycles. The van der Waals surface area contributed by atoms with Gasteiger partial charge in [-0.1, -0.05) is 23.9 Å².